The molecule has 3 heteroatoms. The molecule has 0 aliphatic heterocycles. The van der Waals surface area contributed by atoms with E-state index in [0.717, 1.165) is 15.6 Å². The van der Waals surface area contributed by atoms with E-state index in [4.69, 9.17) is 5.73 Å². The van der Waals surface area contributed by atoms with Crippen molar-refractivity contribution in [3.63, 3.8) is 0 Å². The Morgan fingerprint density at radius 1 is 1.54 bits per heavy atom. The van der Waals surface area contributed by atoms with Crippen molar-refractivity contribution in [2.45, 2.75) is 6.92 Å². The minimum atomic E-state index is -0.614. The molecule has 1 aromatic rings. The van der Waals surface area contributed by atoms with E-state index in [1.165, 1.54) is 0 Å². The zero-order valence-electron chi connectivity index (χ0n) is 7.10. The van der Waals surface area contributed by atoms with Gasteiger partial charge in [-0.1, -0.05) is 27.9 Å². The molecular weight excluding hydrogens is 230 g/mol. The van der Waals surface area contributed by atoms with Crippen LogP contribution in [0.5, 0.6) is 0 Å². The Morgan fingerprint density at radius 3 is 2.77 bits per heavy atom. The summed E-state index contributed by atoms with van der Waals surface area (Å²) in [6, 6.07) is 5.62. The smallest absolute Gasteiger partial charge is 0.293 e. The number of nitrogens with two attached hydrogens (primary N) is 1. The van der Waals surface area contributed by atoms with Gasteiger partial charge in [0, 0.05) is 10.0 Å². The summed E-state index contributed by atoms with van der Waals surface area (Å²) in [7, 11) is 0. The Labute approximate surface area is 85.3 Å². The average molecular weight is 238 g/mol. The summed E-state index contributed by atoms with van der Waals surface area (Å²) in [5.41, 5.74) is 6.79. The Kier molecular flexibility index (Phi) is 3.10. The summed E-state index contributed by atoms with van der Waals surface area (Å²) in [4.78, 5) is 10.4. The molecule has 1 amide bonds. The van der Waals surface area contributed by atoms with Gasteiger partial charge in [0.15, 0.2) is 0 Å². The zero-order chi connectivity index (χ0) is 9.84. The van der Waals surface area contributed by atoms with Crippen LogP contribution in [-0.4, -0.2) is 5.91 Å². The third-order valence-electron chi connectivity index (χ3n) is 1.50. The van der Waals surface area contributed by atoms with Gasteiger partial charge in [-0.15, -0.1) is 0 Å². The molecule has 0 aliphatic rings. The van der Waals surface area contributed by atoms with Gasteiger partial charge in [0.25, 0.3) is 5.91 Å². The number of hydrogen-bond acceptors (Lipinski definition) is 1. The van der Waals surface area contributed by atoms with Gasteiger partial charge in [0.05, 0.1) is 0 Å². The summed E-state index contributed by atoms with van der Waals surface area (Å²) in [6.07, 6.45) is 0. The maximum absolute atomic E-state index is 10.4. The van der Waals surface area contributed by atoms with Crippen LogP contribution in [0.1, 0.15) is 11.1 Å². The highest BCUT2D eigenvalue weighted by Crippen LogP contribution is 2.16. The van der Waals surface area contributed by atoms with E-state index >= 15 is 0 Å². The second kappa shape index (κ2) is 4.11. The Morgan fingerprint density at radius 2 is 2.23 bits per heavy atom. The first kappa shape index (κ1) is 9.82. The maximum atomic E-state index is 10.4. The first-order chi connectivity index (χ1) is 6.09. The number of aryl methyl sites for hydroxylation is 1. The summed E-state index contributed by atoms with van der Waals surface area (Å²) >= 11 is 3.37. The molecule has 66 valence electrons. The highest BCUT2D eigenvalue weighted by Gasteiger charge is 1.94. The van der Waals surface area contributed by atoms with Crippen molar-refractivity contribution in [1.82, 2.24) is 0 Å². The van der Waals surface area contributed by atoms with Crippen LogP contribution in [0.15, 0.2) is 22.7 Å². The largest absolute Gasteiger partial charge is 0.359 e. The van der Waals surface area contributed by atoms with Crippen molar-refractivity contribution in [2.24, 2.45) is 5.73 Å². The van der Waals surface area contributed by atoms with Gasteiger partial charge in [-0.3, -0.25) is 4.79 Å². The standard InChI is InChI=1S/C10H8BrNO/c1-7-2-3-8(6-9(7)11)4-5-10(12)13/h2-3,6H,1H3,(H2,12,13). The predicted octanol–water partition coefficient (Wildman–Crippen LogP) is 1.59. The number of amides is 1. The first-order valence-corrected chi connectivity index (χ1v) is 4.46. The molecule has 0 radical (unpaired) electrons. The number of primary amides is 1. The average Bonchev–Trinajstić information content (AvgIpc) is 2.07. The molecule has 0 unspecified atom stereocenters. The summed E-state index contributed by atoms with van der Waals surface area (Å²) in [5, 5.41) is 0. The number of carbonyl (C=O) groups is 1. The molecule has 2 N–H and O–H groups in total. The van der Waals surface area contributed by atoms with Gasteiger partial charge in [-0.2, -0.15) is 0 Å². The van der Waals surface area contributed by atoms with Crippen molar-refractivity contribution in [3.05, 3.63) is 33.8 Å². The molecule has 1 aromatic carbocycles. The molecule has 0 bridgehead atoms. The van der Waals surface area contributed by atoms with Crippen LogP contribution >= 0.6 is 15.9 Å². The lowest BCUT2D eigenvalue weighted by Crippen LogP contribution is -2.06. The number of rotatable bonds is 0. The first-order valence-electron chi connectivity index (χ1n) is 3.67. The molecular formula is C10H8BrNO. The van der Waals surface area contributed by atoms with Crippen molar-refractivity contribution in [3.8, 4) is 11.8 Å². The number of benzene rings is 1. The SMILES string of the molecule is Cc1ccc(C#CC(N)=O)cc1Br. The second-order valence-corrected chi connectivity index (χ2v) is 3.43. The fraction of sp³-hybridized carbons (Fsp3) is 0.100. The summed E-state index contributed by atoms with van der Waals surface area (Å²) < 4.78 is 0.976. The van der Waals surface area contributed by atoms with Crippen molar-refractivity contribution < 1.29 is 4.79 Å². The molecule has 13 heavy (non-hydrogen) atoms. The Balaban J connectivity index is 3.00. The third kappa shape index (κ3) is 2.92. The van der Waals surface area contributed by atoms with Crippen LogP contribution in [0.25, 0.3) is 0 Å². The zero-order valence-corrected chi connectivity index (χ0v) is 8.68. The van der Waals surface area contributed by atoms with Crippen molar-refractivity contribution in [1.29, 1.82) is 0 Å². The van der Waals surface area contributed by atoms with Gasteiger partial charge in [-0.05, 0) is 30.5 Å². The molecule has 1 rings (SSSR count). The second-order valence-electron chi connectivity index (χ2n) is 2.58. The van der Waals surface area contributed by atoms with E-state index in [9.17, 15) is 4.79 Å². The summed E-state index contributed by atoms with van der Waals surface area (Å²) in [6.45, 7) is 1.98. The van der Waals surface area contributed by atoms with Crippen molar-refractivity contribution in [2.75, 3.05) is 0 Å². The van der Waals surface area contributed by atoms with Crippen LogP contribution in [0.3, 0.4) is 0 Å². The normalized spacial score (nSPS) is 8.77. The van der Waals surface area contributed by atoms with E-state index in [2.05, 4.69) is 27.8 Å². The van der Waals surface area contributed by atoms with Gasteiger partial charge in [0.2, 0.25) is 0 Å². The number of carbonyl (C=O) groups excluding carboxylic acids is 1. The fourth-order valence-corrected chi connectivity index (χ4v) is 1.18. The molecule has 0 heterocycles. The van der Waals surface area contributed by atoms with Crippen LogP contribution < -0.4 is 5.73 Å². The van der Waals surface area contributed by atoms with Gasteiger partial charge >= 0.3 is 0 Å². The van der Waals surface area contributed by atoms with Crippen LogP contribution in [0.4, 0.5) is 0 Å². The van der Waals surface area contributed by atoms with E-state index in [0.29, 0.717) is 0 Å². The highest BCUT2D eigenvalue weighted by molar-refractivity contribution is 9.10. The van der Waals surface area contributed by atoms with Gasteiger partial charge in [0.1, 0.15) is 0 Å². The third-order valence-corrected chi connectivity index (χ3v) is 2.36. The monoisotopic (exact) mass is 237 g/mol. The highest BCUT2D eigenvalue weighted by atomic mass is 79.9. The quantitative estimate of drug-likeness (QED) is 0.685. The molecule has 0 saturated carbocycles. The maximum Gasteiger partial charge on any atom is 0.293 e. The lowest BCUT2D eigenvalue weighted by Gasteiger charge is -1.96. The minimum absolute atomic E-state index is 0.614. The molecule has 0 saturated heterocycles. The molecule has 0 aliphatic carbocycles. The predicted molar refractivity (Wildman–Crippen MR) is 55.0 cm³/mol. The lowest BCUT2D eigenvalue weighted by molar-refractivity contribution is -0.112. The van der Waals surface area contributed by atoms with Crippen LogP contribution in [0.2, 0.25) is 0 Å². The lowest BCUT2D eigenvalue weighted by atomic mass is 10.1. The summed E-state index contributed by atoms with van der Waals surface area (Å²) in [5.74, 6) is 4.32. The number of hydrogen-bond donors (Lipinski definition) is 1. The fourth-order valence-electron chi connectivity index (χ4n) is 0.804. The van der Waals surface area contributed by atoms with E-state index in [-0.39, 0.29) is 0 Å². The van der Waals surface area contributed by atoms with E-state index < -0.39 is 5.91 Å². The molecule has 0 aromatic heterocycles. The van der Waals surface area contributed by atoms with Crippen LogP contribution in [0, 0.1) is 18.8 Å². The minimum Gasteiger partial charge on any atom is -0.359 e. The van der Waals surface area contributed by atoms with Crippen LogP contribution in [-0.2, 0) is 4.79 Å². The van der Waals surface area contributed by atoms with Gasteiger partial charge < -0.3 is 5.73 Å². The van der Waals surface area contributed by atoms with Crippen molar-refractivity contribution >= 4 is 21.8 Å². The number of halogens is 1. The van der Waals surface area contributed by atoms with E-state index in [1.807, 2.05) is 25.1 Å². The molecule has 0 fully saturated rings. The van der Waals surface area contributed by atoms with E-state index in [1.54, 1.807) is 0 Å². The Bertz CT molecular complexity index is 401. The Hall–Kier alpha value is -1.27. The topological polar surface area (TPSA) is 43.1 Å². The molecule has 0 spiro atoms. The molecule has 0 atom stereocenters. The molecule has 2 nitrogen and oxygen atoms in total. The van der Waals surface area contributed by atoms with Gasteiger partial charge in [-0.25, -0.2) is 0 Å².